The Morgan fingerprint density at radius 1 is 1.11 bits per heavy atom. The van der Waals surface area contributed by atoms with E-state index in [1.807, 2.05) is 6.07 Å². The standard InChI is InChI=1S/C28H34BrFN4O4/c1-36-24-15-21-22(16-23(24)33-13-11-17(12-14-33)27(37-2)38-3)34(18-7-4-5-8-18)28(31-21)32-26(35)25-19(29)9-6-10-20(25)30/h6,9-10,15-18,27H,4-5,7-8,11-14H2,1-3H3,(H,31,32,35). The molecule has 38 heavy (non-hydrogen) atoms. The van der Waals surface area contributed by atoms with Crippen LogP contribution in [0.3, 0.4) is 0 Å². The van der Waals surface area contributed by atoms with Gasteiger partial charge < -0.3 is 23.7 Å². The smallest absolute Gasteiger partial charge is 0.262 e. The van der Waals surface area contributed by atoms with Crippen LogP contribution in [0.5, 0.6) is 5.75 Å². The number of methoxy groups -OCH3 is 3. The summed E-state index contributed by atoms with van der Waals surface area (Å²) in [5.41, 5.74) is 2.63. The van der Waals surface area contributed by atoms with Gasteiger partial charge in [-0.2, -0.15) is 0 Å². The number of carbonyl (C=O) groups is 1. The van der Waals surface area contributed by atoms with Crippen LogP contribution in [-0.4, -0.2) is 56.2 Å². The van der Waals surface area contributed by atoms with E-state index in [-0.39, 0.29) is 17.9 Å². The third-order valence-corrected chi connectivity index (χ3v) is 8.49. The number of aromatic nitrogens is 2. The van der Waals surface area contributed by atoms with E-state index in [9.17, 15) is 9.18 Å². The van der Waals surface area contributed by atoms with E-state index in [0.29, 0.717) is 16.3 Å². The minimum atomic E-state index is -0.586. The minimum Gasteiger partial charge on any atom is -0.495 e. The Balaban J connectivity index is 1.51. The third-order valence-electron chi connectivity index (χ3n) is 7.82. The fraction of sp³-hybridized carbons (Fsp3) is 0.500. The maximum absolute atomic E-state index is 14.5. The Hall–Kier alpha value is -2.69. The first-order valence-electron chi connectivity index (χ1n) is 13.1. The number of piperidine rings is 1. The van der Waals surface area contributed by atoms with Gasteiger partial charge in [0.15, 0.2) is 6.29 Å². The molecule has 0 atom stereocenters. The summed E-state index contributed by atoms with van der Waals surface area (Å²) in [4.78, 5) is 20.3. The number of nitrogens with zero attached hydrogens (tertiary/aromatic N) is 3. The molecule has 1 aliphatic carbocycles. The first-order chi connectivity index (χ1) is 18.4. The van der Waals surface area contributed by atoms with E-state index in [4.69, 9.17) is 19.2 Å². The minimum absolute atomic E-state index is 0.0379. The molecular formula is C28H34BrFN4O4. The number of hydrogen-bond acceptors (Lipinski definition) is 6. The Morgan fingerprint density at radius 2 is 1.82 bits per heavy atom. The lowest BCUT2D eigenvalue weighted by atomic mass is 9.95. The average Bonchev–Trinajstić information content (AvgIpc) is 3.56. The van der Waals surface area contributed by atoms with Crippen molar-refractivity contribution in [2.75, 3.05) is 44.6 Å². The van der Waals surface area contributed by atoms with E-state index in [1.165, 1.54) is 6.07 Å². The zero-order valence-corrected chi connectivity index (χ0v) is 23.6. The van der Waals surface area contributed by atoms with Crippen LogP contribution in [-0.2, 0) is 9.47 Å². The molecule has 2 aromatic carbocycles. The Kier molecular flexibility index (Phi) is 8.20. The number of halogens is 2. The van der Waals surface area contributed by atoms with Crippen LogP contribution in [0, 0.1) is 11.7 Å². The number of hydrogen-bond donors (Lipinski definition) is 1. The Morgan fingerprint density at radius 3 is 2.45 bits per heavy atom. The zero-order chi connectivity index (χ0) is 26.8. The van der Waals surface area contributed by atoms with Crippen LogP contribution >= 0.6 is 15.9 Å². The van der Waals surface area contributed by atoms with Gasteiger partial charge in [-0.3, -0.25) is 10.1 Å². The van der Waals surface area contributed by atoms with Gasteiger partial charge in [-0.1, -0.05) is 18.9 Å². The topological polar surface area (TPSA) is 77.9 Å². The highest BCUT2D eigenvalue weighted by molar-refractivity contribution is 9.10. The molecule has 2 heterocycles. The summed E-state index contributed by atoms with van der Waals surface area (Å²) in [6, 6.07) is 8.75. The lowest BCUT2D eigenvalue weighted by molar-refractivity contribution is -0.141. The van der Waals surface area contributed by atoms with E-state index in [0.717, 1.165) is 74.1 Å². The predicted octanol–water partition coefficient (Wildman–Crippen LogP) is 6.15. The van der Waals surface area contributed by atoms with Crippen molar-refractivity contribution in [1.82, 2.24) is 9.55 Å². The molecule has 2 aliphatic rings. The van der Waals surface area contributed by atoms with Gasteiger partial charge in [0.05, 0.1) is 29.4 Å². The summed E-state index contributed by atoms with van der Waals surface area (Å²) in [6.07, 6.45) is 5.91. The molecule has 1 saturated heterocycles. The highest BCUT2D eigenvalue weighted by Crippen LogP contribution is 2.41. The van der Waals surface area contributed by atoms with Crippen LogP contribution in [0.1, 0.15) is 54.9 Å². The molecule has 1 amide bonds. The molecule has 10 heteroatoms. The molecule has 2 fully saturated rings. The quantitative estimate of drug-likeness (QED) is 0.318. The van der Waals surface area contributed by atoms with Crippen molar-refractivity contribution >= 4 is 44.5 Å². The van der Waals surface area contributed by atoms with Gasteiger partial charge in [0.1, 0.15) is 11.6 Å². The first-order valence-corrected chi connectivity index (χ1v) is 13.9. The zero-order valence-electron chi connectivity index (χ0n) is 22.0. The third kappa shape index (κ3) is 5.13. The number of carbonyl (C=O) groups excluding carboxylic acids is 1. The molecule has 0 unspecified atom stereocenters. The largest absolute Gasteiger partial charge is 0.495 e. The molecular weight excluding hydrogens is 555 g/mol. The van der Waals surface area contributed by atoms with Crippen molar-refractivity contribution in [3.63, 3.8) is 0 Å². The number of nitrogens with one attached hydrogen (secondary N) is 1. The SMILES string of the molecule is COc1cc2nc(NC(=O)c3c(F)cccc3Br)n(C3CCCC3)c2cc1N1CCC(C(OC)OC)CC1. The van der Waals surface area contributed by atoms with Gasteiger partial charge in [0.25, 0.3) is 5.91 Å². The maximum Gasteiger partial charge on any atom is 0.262 e. The van der Waals surface area contributed by atoms with Crippen molar-refractivity contribution in [3.8, 4) is 5.75 Å². The summed E-state index contributed by atoms with van der Waals surface area (Å²) in [7, 11) is 5.03. The molecule has 1 aliphatic heterocycles. The second kappa shape index (κ2) is 11.6. The van der Waals surface area contributed by atoms with Gasteiger partial charge in [0.2, 0.25) is 5.95 Å². The van der Waals surface area contributed by atoms with Crippen molar-refractivity contribution in [2.24, 2.45) is 5.92 Å². The van der Waals surface area contributed by atoms with E-state index in [2.05, 4.69) is 36.8 Å². The normalized spacial score (nSPS) is 17.1. The Bertz CT molecular complexity index is 1280. The van der Waals surface area contributed by atoms with Gasteiger partial charge in [-0.05, 0) is 59.8 Å². The van der Waals surface area contributed by atoms with Crippen LogP contribution < -0.4 is 15.0 Å². The molecule has 0 spiro atoms. The molecule has 0 radical (unpaired) electrons. The first kappa shape index (κ1) is 26.9. The predicted molar refractivity (Wildman–Crippen MR) is 149 cm³/mol. The molecule has 0 bridgehead atoms. The van der Waals surface area contributed by atoms with Crippen molar-refractivity contribution in [1.29, 1.82) is 0 Å². The monoisotopic (exact) mass is 588 g/mol. The number of imidazole rings is 1. The van der Waals surface area contributed by atoms with Gasteiger partial charge in [0, 0.05) is 49.8 Å². The fourth-order valence-electron chi connectivity index (χ4n) is 5.91. The molecule has 204 valence electrons. The van der Waals surface area contributed by atoms with Crippen LogP contribution in [0.4, 0.5) is 16.0 Å². The summed E-state index contributed by atoms with van der Waals surface area (Å²) in [5.74, 6) is 0.367. The maximum atomic E-state index is 14.5. The number of rotatable bonds is 8. The number of anilines is 2. The van der Waals surface area contributed by atoms with E-state index < -0.39 is 11.7 Å². The van der Waals surface area contributed by atoms with Crippen LogP contribution in [0.2, 0.25) is 0 Å². The lowest BCUT2D eigenvalue weighted by Gasteiger charge is -2.36. The lowest BCUT2D eigenvalue weighted by Crippen LogP contribution is -2.39. The Labute approximate surface area is 230 Å². The summed E-state index contributed by atoms with van der Waals surface area (Å²) in [5, 5.41) is 2.90. The van der Waals surface area contributed by atoms with Gasteiger partial charge in [-0.25, -0.2) is 9.37 Å². The molecule has 1 aromatic heterocycles. The summed E-state index contributed by atoms with van der Waals surface area (Å²) >= 11 is 3.31. The molecule has 8 nitrogen and oxygen atoms in total. The number of fused-ring (bicyclic) bond motifs is 1. The van der Waals surface area contributed by atoms with Crippen molar-refractivity contribution < 1.29 is 23.4 Å². The van der Waals surface area contributed by atoms with Crippen LogP contribution in [0.25, 0.3) is 11.0 Å². The van der Waals surface area contributed by atoms with Gasteiger partial charge in [-0.15, -0.1) is 0 Å². The average molecular weight is 590 g/mol. The molecule has 1 saturated carbocycles. The fourth-order valence-corrected chi connectivity index (χ4v) is 6.44. The number of ether oxygens (including phenoxy) is 3. The summed E-state index contributed by atoms with van der Waals surface area (Å²) in [6.45, 7) is 1.69. The highest BCUT2D eigenvalue weighted by atomic mass is 79.9. The second-order valence-corrected chi connectivity index (χ2v) is 10.8. The number of amides is 1. The molecule has 1 N–H and O–H groups in total. The van der Waals surface area contributed by atoms with Gasteiger partial charge >= 0.3 is 0 Å². The van der Waals surface area contributed by atoms with Crippen LogP contribution in [0.15, 0.2) is 34.8 Å². The molecule has 3 aromatic rings. The summed E-state index contributed by atoms with van der Waals surface area (Å²) < 4.78 is 33.8. The van der Waals surface area contributed by atoms with Crippen molar-refractivity contribution in [3.05, 3.63) is 46.2 Å². The number of benzene rings is 2. The highest BCUT2D eigenvalue weighted by Gasteiger charge is 2.30. The second-order valence-electron chi connectivity index (χ2n) is 9.97. The van der Waals surface area contributed by atoms with Crippen molar-refractivity contribution in [2.45, 2.75) is 50.9 Å². The van der Waals surface area contributed by atoms with E-state index in [1.54, 1.807) is 33.5 Å². The molecule has 5 rings (SSSR count). The van der Waals surface area contributed by atoms with E-state index >= 15 is 0 Å².